The van der Waals surface area contributed by atoms with Gasteiger partial charge in [-0.05, 0) is 60.7 Å². The molecule has 0 aliphatic carbocycles. The Hall–Kier alpha value is -2.68. The molecule has 4 rings (SSSR count). The number of fused-ring (bicyclic) bond motifs is 1. The third-order valence-corrected chi connectivity index (χ3v) is 8.42. The second-order valence-electron chi connectivity index (χ2n) is 7.87. The molecule has 0 saturated carbocycles. The van der Waals surface area contributed by atoms with Crippen LogP contribution in [0.4, 0.5) is 0 Å². The zero-order valence-electron chi connectivity index (χ0n) is 18.2. The monoisotopic (exact) mass is 470 g/mol. The molecule has 1 aliphatic heterocycles. The van der Waals surface area contributed by atoms with Gasteiger partial charge in [-0.15, -0.1) is 11.3 Å². The van der Waals surface area contributed by atoms with E-state index in [1.54, 1.807) is 41.5 Å². The molecule has 0 atom stereocenters. The molecule has 0 fully saturated rings. The second-order valence-corrected chi connectivity index (χ2v) is 10.8. The predicted octanol–water partition coefficient (Wildman–Crippen LogP) is 3.95. The summed E-state index contributed by atoms with van der Waals surface area (Å²) in [5, 5.41) is 2.00. The topological polar surface area (TPSA) is 66.9 Å². The van der Waals surface area contributed by atoms with Crippen LogP contribution in [0, 0.1) is 6.92 Å². The van der Waals surface area contributed by atoms with Crippen molar-refractivity contribution in [3.05, 3.63) is 81.5 Å². The first-order chi connectivity index (χ1) is 15.3. The normalized spacial score (nSPS) is 14.1. The quantitative estimate of drug-likeness (QED) is 0.524. The van der Waals surface area contributed by atoms with Crippen LogP contribution in [0.15, 0.2) is 64.9 Å². The first-order valence-corrected chi connectivity index (χ1v) is 12.8. The molecule has 0 saturated heterocycles. The Morgan fingerprint density at radius 2 is 1.94 bits per heavy atom. The second kappa shape index (κ2) is 9.44. The van der Waals surface area contributed by atoms with Gasteiger partial charge in [-0.3, -0.25) is 4.79 Å². The van der Waals surface area contributed by atoms with Crippen LogP contribution >= 0.6 is 11.3 Å². The highest BCUT2D eigenvalue weighted by Crippen LogP contribution is 2.28. The average molecular weight is 471 g/mol. The Morgan fingerprint density at radius 3 is 2.72 bits per heavy atom. The van der Waals surface area contributed by atoms with E-state index in [2.05, 4.69) is 0 Å². The number of hydrogen-bond acceptors (Lipinski definition) is 5. The zero-order valence-corrected chi connectivity index (χ0v) is 19.8. The highest BCUT2D eigenvalue weighted by molar-refractivity contribution is 7.89. The molecule has 0 unspecified atom stereocenters. The number of rotatable bonds is 7. The summed E-state index contributed by atoms with van der Waals surface area (Å²) in [6.45, 7) is 3.56. The molecule has 0 N–H and O–H groups in total. The fourth-order valence-electron chi connectivity index (χ4n) is 3.62. The van der Waals surface area contributed by atoms with E-state index in [9.17, 15) is 13.2 Å². The number of aryl methyl sites for hydroxylation is 1. The predicted molar refractivity (Wildman–Crippen MR) is 126 cm³/mol. The minimum Gasteiger partial charge on any atom is -0.492 e. The van der Waals surface area contributed by atoms with Crippen LogP contribution in [0.3, 0.4) is 0 Å². The van der Waals surface area contributed by atoms with Gasteiger partial charge in [0.2, 0.25) is 10.0 Å². The average Bonchev–Trinajstić information content (AvgIpc) is 3.28. The molecule has 2 heterocycles. The van der Waals surface area contributed by atoms with E-state index in [1.165, 1.54) is 15.2 Å². The van der Waals surface area contributed by atoms with E-state index in [-0.39, 0.29) is 10.8 Å². The van der Waals surface area contributed by atoms with E-state index < -0.39 is 10.0 Å². The van der Waals surface area contributed by atoms with E-state index >= 15 is 0 Å². The van der Waals surface area contributed by atoms with Gasteiger partial charge in [-0.2, -0.15) is 4.31 Å². The summed E-state index contributed by atoms with van der Waals surface area (Å²) in [5.41, 5.74) is 2.56. The number of nitrogens with zero attached hydrogens (tertiary/aromatic N) is 2. The lowest BCUT2D eigenvalue weighted by atomic mass is 10.1. The van der Waals surface area contributed by atoms with Crippen molar-refractivity contribution in [1.29, 1.82) is 0 Å². The minimum atomic E-state index is -3.68. The molecule has 2 aromatic carbocycles. The molecule has 0 spiro atoms. The van der Waals surface area contributed by atoms with Crippen molar-refractivity contribution in [3.63, 3.8) is 0 Å². The third kappa shape index (κ3) is 4.87. The molecule has 1 aliphatic rings. The molecule has 3 aromatic rings. The maximum atomic E-state index is 13.2. The van der Waals surface area contributed by atoms with Crippen LogP contribution in [0.5, 0.6) is 5.75 Å². The highest BCUT2D eigenvalue weighted by Gasteiger charge is 2.29. The lowest BCUT2D eigenvalue weighted by Gasteiger charge is -2.26. The van der Waals surface area contributed by atoms with Gasteiger partial charge in [-0.1, -0.05) is 23.8 Å². The molecule has 6 nitrogen and oxygen atoms in total. The number of likely N-dealkylation sites (N-methyl/N-ethyl adjacent to an activating group) is 1. The Bertz CT molecular complexity index is 1200. The van der Waals surface area contributed by atoms with Crippen LogP contribution < -0.4 is 4.74 Å². The maximum Gasteiger partial charge on any atom is 0.253 e. The van der Waals surface area contributed by atoms with Gasteiger partial charge in [-0.25, -0.2) is 8.42 Å². The molecule has 8 heteroatoms. The Balaban J connectivity index is 1.41. The van der Waals surface area contributed by atoms with E-state index in [0.29, 0.717) is 38.2 Å². The molecule has 1 amide bonds. The molecule has 32 heavy (non-hydrogen) atoms. The smallest absolute Gasteiger partial charge is 0.253 e. The van der Waals surface area contributed by atoms with Gasteiger partial charge in [0.25, 0.3) is 5.91 Å². The summed E-state index contributed by atoms with van der Waals surface area (Å²) in [6, 6.07) is 16.0. The highest BCUT2D eigenvalue weighted by atomic mass is 32.2. The fourth-order valence-corrected chi connectivity index (χ4v) is 5.98. The van der Waals surface area contributed by atoms with Crippen molar-refractivity contribution in [3.8, 4) is 5.75 Å². The number of amides is 1. The summed E-state index contributed by atoms with van der Waals surface area (Å²) >= 11 is 1.67. The Kier molecular flexibility index (Phi) is 6.64. The standard InChI is InChI=1S/C24H26N2O4S2/c1-18-6-8-21(9-7-18)30-14-13-25(2)24(27)19-4-3-5-22(16-19)32(28,29)26-12-10-23-20(17-26)11-15-31-23/h3-9,11,15-16H,10,12-14,17H2,1-2H3. The van der Waals surface area contributed by atoms with Crippen LogP contribution in [-0.4, -0.2) is 50.3 Å². The van der Waals surface area contributed by atoms with Gasteiger partial charge >= 0.3 is 0 Å². The first kappa shape index (κ1) is 22.5. The minimum absolute atomic E-state index is 0.145. The van der Waals surface area contributed by atoms with Crippen molar-refractivity contribution in [2.24, 2.45) is 0 Å². The summed E-state index contributed by atoms with van der Waals surface area (Å²) in [5.74, 6) is 0.508. The Labute approximate surface area is 193 Å². The molecule has 0 bridgehead atoms. The van der Waals surface area contributed by atoms with Crippen LogP contribution in [0.25, 0.3) is 0 Å². The number of benzene rings is 2. The number of sulfonamides is 1. The van der Waals surface area contributed by atoms with Gasteiger partial charge in [0.15, 0.2) is 0 Å². The molecular formula is C24H26N2O4S2. The van der Waals surface area contributed by atoms with Crippen LogP contribution in [0.2, 0.25) is 0 Å². The molecule has 1 aromatic heterocycles. The summed E-state index contributed by atoms with van der Waals surface area (Å²) in [4.78, 5) is 15.8. The third-order valence-electron chi connectivity index (χ3n) is 5.55. The summed E-state index contributed by atoms with van der Waals surface area (Å²) in [7, 11) is -1.99. The lowest BCUT2D eigenvalue weighted by Crippen LogP contribution is -2.35. The van der Waals surface area contributed by atoms with Gasteiger partial charge < -0.3 is 9.64 Å². The summed E-state index contributed by atoms with van der Waals surface area (Å²) in [6.07, 6.45) is 0.717. The van der Waals surface area contributed by atoms with Crippen LogP contribution in [-0.2, 0) is 23.0 Å². The number of ether oxygens (including phenoxy) is 1. The van der Waals surface area contributed by atoms with E-state index in [1.807, 2.05) is 42.6 Å². The maximum absolute atomic E-state index is 13.2. The van der Waals surface area contributed by atoms with Crippen molar-refractivity contribution >= 4 is 27.3 Å². The molecular weight excluding hydrogens is 444 g/mol. The van der Waals surface area contributed by atoms with E-state index in [4.69, 9.17) is 4.74 Å². The molecule has 168 valence electrons. The fraction of sp³-hybridized carbons (Fsp3) is 0.292. The van der Waals surface area contributed by atoms with Gasteiger partial charge in [0.05, 0.1) is 11.4 Å². The number of hydrogen-bond donors (Lipinski definition) is 0. The lowest BCUT2D eigenvalue weighted by molar-refractivity contribution is 0.0773. The summed E-state index contributed by atoms with van der Waals surface area (Å²) < 4.78 is 33.6. The molecule has 0 radical (unpaired) electrons. The number of carbonyl (C=O) groups excluding carboxylic acids is 1. The zero-order chi connectivity index (χ0) is 22.7. The van der Waals surface area contributed by atoms with Gasteiger partial charge in [0, 0.05) is 30.6 Å². The van der Waals surface area contributed by atoms with Crippen LogP contribution in [0.1, 0.15) is 26.4 Å². The first-order valence-electron chi connectivity index (χ1n) is 10.4. The number of thiophene rings is 1. The number of carbonyl (C=O) groups is 1. The van der Waals surface area contributed by atoms with E-state index in [0.717, 1.165) is 16.9 Å². The largest absolute Gasteiger partial charge is 0.492 e. The SMILES string of the molecule is Cc1ccc(OCCN(C)C(=O)c2cccc(S(=O)(=O)N3CCc4sccc4C3)c2)cc1. The van der Waals surface area contributed by atoms with Crippen molar-refractivity contribution < 1.29 is 17.9 Å². The Morgan fingerprint density at radius 1 is 1.16 bits per heavy atom. The van der Waals surface area contributed by atoms with Gasteiger partial charge in [0.1, 0.15) is 12.4 Å². The van der Waals surface area contributed by atoms with Crippen molar-refractivity contribution in [2.45, 2.75) is 24.8 Å². The van der Waals surface area contributed by atoms with Crippen molar-refractivity contribution in [1.82, 2.24) is 9.21 Å². The van der Waals surface area contributed by atoms with Crippen molar-refractivity contribution in [2.75, 3.05) is 26.7 Å².